The van der Waals surface area contributed by atoms with Crippen LogP contribution in [-0.4, -0.2) is 18.7 Å². The van der Waals surface area contributed by atoms with Crippen molar-refractivity contribution in [2.45, 2.75) is 20.8 Å². The van der Waals surface area contributed by atoms with Gasteiger partial charge in [0.25, 0.3) is 0 Å². The van der Waals surface area contributed by atoms with Gasteiger partial charge >= 0.3 is 0 Å². The summed E-state index contributed by atoms with van der Waals surface area (Å²) < 4.78 is 11.9. The molecule has 0 aliphatic heterocycles. The Bertz CT molecular complexity index is 1170. The first kappa shape index (κ1) is 20.4. The number of methoxy groups -OCH3 is 1. The number of halogens is 1. The molecule has 0 bridgehead atoms. The van der Waals surface area contributed by atoms with Gasteiger partial charge in [0, 0.05) is 5.56 Å². The molecule has 146 valence electrons. The molecule has 7 heteroatoms. The van der Waals surface area contributed by atoms with Crippen LogP contribution in [0.25, 0.3) is 17.2 Å². The molecule has 2 aromatic rings. The van der Waals surface area contributed by atoms with Gasteiger partial charge in [-0.2, -0.15) is 10.5 Å². The van der Waals surface area contributed by atoms with Gasteiger partial charge in [0.2, 0.25) is 0 Å². The van der Waals surface area contributed by atoms with Crippen molar-refractivity contribution in [3.05, 3.63) is 50.1 Å². The van der Waals surface area contributed by atoms with Gasteiger partial charge < -0.3 is 15.2 Å². The van der Waals surface area contributed by atoms with E-state index in [-0.39, 0.29) is 5.82 Å². The molecule has 1 aliphatic carbocycles. The smallest absolute Gasteiger partial charge is 0.175 e. The molecule has 0 saturated heterocycles. The second kappa shape index (κ2) is 7.98. The number of nitrogen functional groups attached to an aromatic ring is 1. The lowest BCUT2D eigenvalue weighted by atomic mass is 9.95. The van der Waals surface area contributed by atoms with Crippen molar-refractivity contribution in [3.8, 4) is 23.6 Å². The molecule has 0 radical (unpaired) electrons. The molecule has 0 saturated carbocycles. The Hall–Kier alpha value is -3.29. The number of nitriles is 2. The largest absolute Gasteiger partial charge is 0.493 e. The maximum Gasteiger partial charge on any atom is 0.175 e. The van der Waals surface area contributed by atoms with E-state index in [1.54, 1.807) is 7.11 Å². The fraction of sp³-hybridized carbons (Fsp3) is 0.227. The number of benzene rings is 1. The van der Waals surface area contributed by atoms with Crippen LogP contribution in [0.1, 0.15) is 41.8 Å². The molecular weight excluding hydrogens is 432 g/mol. The lowest BCUT2D eigenvalue weighted by Crippen LogP contribution is -2.03. The highest BCUT2D eigenvalue weighted by Gasteiger charge is 2.29. The molecule has 1 aromatic carbocycles. The van der Waals surface area contributed by atoms with E-state index in [1.165, 1.54) is 0 Å². The van der Waals surface area contributed by atoms with Crippen LogP contribution in [-0.2, 0) is 0 Å². The van der Waals surface area contributed by atoms with E-state index < -0.39 is 0 Å². The fourth-order valence-corrected chi connectivity index (χ4v) is 4.04. The van der Waals surface area contributed by atoms with Crippen molar-refractivity contribution >= 4 is 39.0 Å². The summed E-state index contributed by atoms with van der Waals surface area (Å²) in [5, 5.41) is 19.1. The number of allylic oxidation sites excluding steroid dienone is 3. The topological polar surface area (TPSA) is 105 Å². The van der Waals surface area contributed by atoms with Gasteiger partial charge in [-0.1, -0.05) is 0 Å². The fourth-order valence-electron chi connectivity index (χ4n) is 3.47. The third-order valence-electron chi connectivity index (χ3n) is 4.84. The highest BCUT2D eigenvalue weighted by Crippen LogP contribution is 2.45. The van der Waals surface area contributed by atoms with Gasteiger partial charge in [-0.15, -0.1) is 0 Å². The van der Waals surface area contributed by atoms with Crippen LogP contribution in [0.2, 0.25) is 0 Å². The summed E-state index contributed by atoms with van der Waals surface area (Å²) in [6.45, 7) is 6.11. The number of ether oxygens (including phenoxy) is 2. The van der Waals surface area contributed by atoms with Crippen LogP contribution >= 0.6 is 15.9 Å². The Labute approximate surface area is 178 Å². The summed E-state index contributed by atoms with van der Waals surface area (Å²) in [7, 11) is 1.58. The molecule has 1 aliphatic rings. The minimum absolute atomic E-state index is 0.135. The van der Waals surface area contributed by atoms with E-state index in [9.17, 15) is 10.5 Å². The number of nitrogens with two attached hydrogens (primary N) is 1. The van der Waals surface area contributed by atoms with Crippen molar-refractivity contribution in [2.75, 3.05) is 19.5 Å². The van der Waals surface area contributed by atoms with Gasteiger partial charge in [-0.3, -0.25) is 0 Å². The average Bonchev–Trinajstić information content (AvgIpc) is 2.94. The Morgan fingerprint density at radius 3 is 2.55 bits per heavy atom. The third-order valence-corrected chi connectivity index (χ3v) is 5.42. The summed E-state index contributed by atoms with van der Waals surface area (Å²) in [5.74, 6) is 1.36. The molecule has 1 aromatic heterocycles. The van der Waals surface area contributed by atoms with Crippen LogP contribution in [0.4, 0.5) is 5.82 Å². The first-order chi connectivity index (χ1) is 13.9. The van der Waals surface area contributed by atoms with Gasteiger partial charge in [0.05, 0.1) is 35.0 Å². The molecule has 0 spiro atoms. The van der Waals surface area contributed by atoms with Crippen LogP contribution in [0.3, 0.4) is 0 Å². The van der Waals surface area contributed by atoms with Gasteiger partial charge in [-0.25, -0.2) is 4.98 Å². The number of rotatable bonds is 4. The SMILES string of the molecule is CCOc1c(Br)cc(/C=C2\C(C)=C(C#N)c3nc(N)c(C#N)c(C)c32)cc1OC. The average molecular weight is 451 g/mol. The molecular formula is C22H19BrN4O2. The summed E-state index contributed by atoms with van der Waals surface area (Å²) in [6, 6.07) is 8.12. The lowest BCUT2D eigenvalue weighted by Gasteiger charge is -2.14. The number of pyridine rings is 1. The second-order valence-electron chi connectivity index (χ2n) is 6.47. The summed E-state index contributed by atoms with van der Waals surface area (Å²) >= 11 is 3.54. The molecule has 6 nitrogen and oxygen atoms in total. The molecule has 0 fully saturated rings. The quantitative estimate of drug-likeness (QED) is 0.712. The third kappa shape index (κ3) is 3.35. The molecule has 2 N–H and O–H groups in total. The van der Waals surface area contributed by atoms with Crippen molar-refractivity contribution in [3.63, 3.8) is 0 Å². The van der Waals surface area contributed by atoms with E-state index in [1.807, 2.05) is 39.0 Å². The summed E-state index contributed by atoms with van der Waals surface area (Å²) in [6.07, 6.45) is 1.95. The molecule has 0 unspecified atom stereocenters. The van der Waals surface area contributed by atoms with Crippen molar-refractivity contribution in [1.82, 2.24) is 4.98 Å². The molecule has 3 rings (SSSR count). The highest BCUT2D eigenvalue weighted by molar-refractivity contribution is 9.10. The van der Waals surface area contributed by atoms with E-state index in [0.29, 0.717) is 40.5 Å². The Morgan fingerprint density at radius 2 is 1.97 bits per heavy atom. The van der Waals surface area contributed by atoms with E-state index in [4.69, 9.17) is 15.2 Å². The Kier molecular flexibility index (Phi) is 5.63. The van der Waals surface area contributed by atoms with Gasteiger partial charge in [-0.05, 0) is 77.2 Å². The van der Waals surface area contributed by atoms with Gasteiger partial charge in [0.1, 0.15) is 18.0 Å². The zero-order valence-electron chi connectivity index (χ0n) is 16.6. The number of hydrogen-bond donors (Lipinski definition) is 1. The summed E-state index contributed by atoms with van der Waals surface area (Å²) in [5.41, 5.74) is 11.2. The van der Waals surface area contributed by atoms with Gasteiger partial charge in [0.15, 0.2) is 11.5 Å². The number of hydrogen-bond acceptors (Lipinski definition) is 6. The van der Waals surface area contributed by atoms with Crippen molar-refractivity contribution in [1.29, 1.82) is 10.5 Å². The van der Waals surface area contributed by atoms with E-state index in [2.05, 4.69) is 33.1 Å². The monoisotopic (exact) mass is 450 g/mol. The zero-order valence-corrected chi connectivity index (χ0v) is 18.1. The van der Waals surface area contributed by atoms with Crippen LogP contribution in [0.5, 0.6) is 11.5 Å². The minimum Gasteiger partial charge on any atom is -0.493 e. The van der Waals surface area contributed by atoms with E-state index >= 15 is 0 Å². The minimum atomic E-state index is 0.135. The number of fused-ring (bicyclic) bond motifs is 1. The van der Waals surface area contributed by atoms with Crippen molar-refractivity contribution < 1.29 is 9.47 Å². The number of nitrogens with zero attached hydrogens (tertiary/aromatic N) is 3. The first-order valence-corrected chi connectivity index (χ1v) is 9.71. The number of aromatic nitrogens is 1. The standard InChI is InChI=1S/C22H19BrN4O2/c1-5-29-21-17(23)7-13(8-18(21)28-4)6-14-11(2)15(9-24)20-19(14)12(3)16(10-25)22(26)27-20/h6-8H,5H2,1-4H3,(H2,26,27)/b14-6+. The van der Waals surface area contributed by atoms with Crippen LogP contribution in [0, 0.1) is 29.6 Å². The predicted molar refractivity (Wildman–Crippen MR) is 116 cm³/mol. The number of anilines is 1. The normalized spacial score (nSPS) is 13.8. The maximum atomic E-state index is 9.67. The van der Waals surface area contributed by atoms with E-state index in [0.717, 1.165) is 26.7 Å². The summed E-state index contributed by atoms with van der Waals surface area (Å²) in [4.78, 5) is 4.35. The zero-order chi connectivity index (χ0) is 21.3. The van der Waals surface area contributed by atoms with Crippen LogP contribution < -0.4 is 15.2 Å². The molecule has 0 amide bonds. The lowest BCUT2D eigenvalue weighted by molar-refractivity contribution is 0.309. The second-order valence-corrected chi connectivity index (χ2v) is 7.32. The predicted octanol–water partition coefficient (Wildman–Crippen LogP) is 4.86. The first-order valence-electron chi connectivity index (χ1n) is 8.92. The molecule has 1 heterocycles. The Balaban J connectivity index is 2.27. The highest BCUT2D eigenvalue weighted by atomic mass is 79.9. The Morgan fingerprint density at radius 1 is 1.24 bits per heavy atom. The van der Waals surface area contributed by atoms with Crippen molar-refractivity contribution in [2.24, 2.45) is 0 Å². The van der Waals surface area contributed by atoms with Crippen LogP contribution in [0.15, 0.2) is 22.2 Å². The molecule has 0 atom stereocenters. The molecule has 29 heavy (non-hydrogen) atoms. The maximum absolute atomic E-state index is 9.67.